The van der Waals surface area contributed by atoms with Crippen LogP contribution in [-0.4, -0.2) is 31.5 Å². The predicted octanol–water partition coefficient (Wildman–Crippen LogP) is 3.08. The topological polar surface area (TPSA) is 92.0 Å². The van der Waals surface area contributed by atoms with Crippen LogP contribution in [0.5, 0.6) is 5.75 Å². The fraction of sp³-hybridized carbons (Fsp3) is 0.150. The van der Waals surface area contributed by atoms with Gasteiger partial charge in [0.2, 0.25) is 0 Å². The summed E-state index contributed by atoms with van der Waals surface area (Å²) in [7, 11) is 0. The van der Waals surface area contributed by atoms with Crippen LogP contribution in [0.3, 0.4) is 0 Å². The molecule has 0 aliphatic rings. The van der Waals surface area contributed by atoms with Gasteiger partial charge in [0.15, 0.2) is 12.4 Å². The Morgan fingerprint density at radius 1 is 1.03 bits per heavy atom. The zero-order valence-electron chi connectivity index (χ0n) is 16.0. The highest BCUT2D eigenvalue weighted by Gasteiger charge is 2.31. The fourth-order valence-corrected chi connectivity index (χ4v) is 3.03. The van der Waals surface area contributed by atoms with E-state index in [1.807, 2.05) is 0 Å². The predicted molar refractivity (Wildman–Crippen MR) is 103 cm³/mol. The normalized spacial score (nSPS) is 11.5. The average Bonchev–Trinajstić information content (AvgIpc) is 2.74. The van der Waals surface area contributed by atoms with Crippen molar-refractivity contribution in [2.75, 3.05) is 0 Å². The Morgan fingerprint density at radius 3 is 2.42 bits per heavy atom. The summed E-state index contributed by atoms with van der Waals surface area (Å²) in [4.78, 5) is 27.1. The van der Waals surface area contributed by atoms with Crippen LogP contribution >= 0.6 is 0 Å². The van der Waals surface area contributed by atoms with Crippen molar-refractivity contribution >= 4 is 10.9 Å². The van der Waals surface area contributed by atoms with Crippen LogP contribution in [0, 0.1) is 6.92 Å². The SMILES string of the molecule is Cc1c(-c2ccc(OC(F)(F)F)cc2)ccc2nnn(OCc3ncccn3)c(=O)c12. The summed E-state index contributed by atoms with van der Waals surface area (Å²) in [6.45, 7) is 1.63. The molecule has 4 aromatic rings. The lowest BCUT2D eigenvalue weighted by Gasteiger charge is -2.12. The highest BCUT2D eigenvalue weighted by atomic mass is 19.4. The summed E-state index contributed by atoms with van der Waals surface area (Å²) in [5, 5.41) is 8.05. The van der Waals surface area contributed by atoms with Crippen molar-refractivity contribution in [2.24, 2.45) is 0 Å². The van der Waals surface area contributed by atoms with E-state index in [0.29, 0.717) is 28.0 Å². The van der Waals surface area contributed by atoms with Gasteiger partial charge in [-0.05, 0) is 57.9 Å². The third-order valence-corrected chi connectivity index (χ3v) is 4.40. The van der Waals surface area contributed by atoms with Gasteiger partial charge in [0.05, 0.1) is 5.39 Å². The summed E-state index contributed by atoms with van der Waals surface area (Å²) < 4.78 is 41.0. The summed E-state index contributed by atoms with van der Waals surface area (Å²) >= 11 is 0. The monoisotopic (exact) mass is 429 g/mol. The maximum Gasteiger partial charge on any atom is 0.573 e. The third-order valence-electron chi connectivity index (χ3n) is 4.40. The number of hydrogen-bond acceptors (Lipinski definition) is 7. The Hall–Kier alpha value is -4.02. The average molecular weight is 429 g/mol. The first-order valence-corrected chi connectivity index (χ1v) is 8.96. The number of aromatic nitrogens is 5. The van der Waals surface area contributed by atoms with Crippen LogP contribution in [0.25, 0.3) is 22.0 Å². The highest BCUT2D eigenvalue weighted by Crippen LogP contribution is 2.30. The second-order valence-corrected chi connectivity index (χ2v) is 6.41. The first kappa shape index (κ1) is 20.3. The number of halogens is 3. The molecule has 31 heavy (non-hydrogen) atoms. The number of rotatable bonds is 5. The molecule has 0 aliphatic heterocycles. The lowest BCUT2D eigenvalue weighted by Crippen LogP contribution is -2.31. The molecule has 0 fully saturated rings. The van der Waals surface area contributed by atoms with E-state index in [1.54, 1.807) is 37.5 Å². The maximum atomic E-state index is 12.9. The van der Waals surface area contributed by atoms with Gasteiger partial charge < -0.3 is 9.57 Å². The molecular weight excluding hydrogens is 415 g/mol. The summed E-state index contributed by atoms with van der Waals surface area (Å²) in [5.74, 6) is 0.0300. The first-order valence-electron chi connectivity index (χ1n) is 8.96. The Labute approximate surface area is 172 Å². The van der Waals surface area contributed by atoms with Crippen LogP contribution in [0.4, 0.5) is 13.2 Å². The molecule has 0 N–H and O–H groups in total. The number of hydrogen-bond donors (Lipinski definition) is 0. The summed E-state index contributed by atoms with van der Waals surface area (Å²) in [6.07, 6.45) is -1.68. The van der Waals surface area contributed by atoms with E-state index in [9.17, 15) is 18.0 Å². The molecule has 8 nitrogen and oxygen atoms in total. The van der Waals surface area contributed by atoms with Crippen LogP contribution in [0.15, 0.2) is 59.7 Å². The molecule has 2 aromatic heterocycles. The van der Waals surface area contributed by atoms with E-state index in [-0.39, 0.29) is 17.7 Å². The van der Waals surface area contributed by atoms with Crippen molar-refractivity contribution in [1.29, 1.82) is 0 Å². The van der Waals surface area contributed by atoms with Crippen molar-refractivity contribution in [3.8, 4) is 16.9 Å². The molecule has 0 saturated heterocycles. The molecule has 0 atom stereocenters. The van der Waals surface area contributed by atoms with E-state index in [4.69, 9.17) is 4.84 Å². The van der Waals surface area contributed by atoms with E-state index in [2.05, 4.69) is 25.0 Å². The largest absolute Gasteiger partial charge is 0.573 e. The van der Waals surface area contributed by atoms with Crippen LogP contribution in [0.1, 0.15) is 11.4 Å². The van der Waals surface area contributed by atoms with E-state index < -0.39 is 11.9 Å². The van der Waals surface area contributed by atoms with Crippen molar-refractivity contribution in [1.82, 2.24) is 25.1 Å². The number of nitrogens with zero attached hydrogens (tertiary/aromatic N) is 5. The van der Waals surface area contributed by atoms with Gasteiger partial charge in [-0.25, -0.2) is 9.97 Å². The summed E-state index contributed by atoms with van der Waals surface area (Å²) in [6, 6.07) is 10.3. The number of fused-ring (bicyclic) bond motifs is 1. The standard InChI is InChI=1S/C20H14F3N5O3/c1-12-15(13-3-5-14(6-4-13)31-20(21,22)23)7-8-16-18(12)19(29)28(27-26-16)30-11-17-24-9-2-10-25-17/h2-10H,11H2,1H3. The van der Waals surface area contributed by atoms with Gasteiger partial charge in [-0.1, -0.05) is 18.2 Å². The molecule has 0 bridgehead atoms. The molecule has 0 spiro atoms. The highest BCUT2D eigenvalue weighted by molar-refractivity contribution is 5.88. The van der Waals surface area contributed by atoms with Gasteiger partial charge >= 0.3 is 11.9 Å². The maximum absolute atomic E-state index is 12.9. The fourth-order valence-electron chi connectivity index (χ4n) is 3.03. The minimum Gasteiger partial charge on any atom is -0.406 e. The lowest BCUT2D eigenvalue weighted by molar-refractivity contribution is -0.274. The van der Waals surface area contributed by atoms with Gasteiger partial charge in [-0.2, -0.15) is 0 Å². The van der Waals surface area contributed by atoms with E-state index >= 15 is 0 Å². The van der Waals surface area contributed by atoms with Crippen LogP contribution < -0.4 is 15.1 Å². The lowest BCUT2D eigenvalue weighted by atomic mass is 9.97. The molecule has 0 aliphatic carbocycles. The first-order chi connectivity index (χ1) is 14.8. The smallest absolute Gasteiger partial charge is 0.406 e. The summed E-state index contributed by atoms with van der Waals surface area (Å²) in [5.41, 5.74) is 1.66. The van der Waals surface area contributed by atoms with Crippen molar-refractivity contribution < 1.29 is 22.7 Å². The Morgan fingerprint density at radius 2 is 1.74 bits per heavy atom. The molecule has 11 heteroatoms. The number of aryl methyl sites for hydroxylation is 1. The third kappa shape index (κ3) is 4.44. The number of benzene rings is 2. The molecule has 0 unspecified atom stereocenters. The molecule has 0 amide bonds. The van der Waals surface area contributed by atoms with Crippen molar-refractivity contribution in [3.05, 3.63) is 76.6 Å². The minimum atomic E-state index is -4.77. The molecule has 0 radical (unpaired) electrons. The van der Waals surface area contributed by atoms with Gasteiger partial charge in [0.25, 0.3) is 0 Å². The number of ether oxygens (including phenoxy) is 1. The van der Waals surface area contributed by atoms with E-state index in [1.165, 1.54) is 24.3 Å². The van der Waals surface area contributed by atoms with Gasteiger partial charge in [0.1, 0.15) is 11.3 Å². The molecule has 2 heterocycles. The Kier molecular flexibility index (Phi) is 5.24. The number of alkyl halides is 3. The van der Waals surface area contributed by atoms with Gasteiger partial charge in [-0.3, -0.25) is 4.79 Å². The quantitative estimate of drug-likeness (QED) is 0.481. The molecule has 158 valence electrons. The van der Waals surface area contributed by atoms with Crippen molar-refractivity contribution in [2.45, 2.75) is 19.9 Å². The Bertz CT molecular complexity index is 1280. The molecular formula is C20H14F3N5O3. The van der Waals surface area contributed by atoms with Crippen LogP contribution in [-0.2, 0) is 6.61 Å². The van der Waals surface area contributed by atoms with Crippen molar-refractivity contribution in [3.63, 3.8) is 0 Å². The molecule has 0 saturated carbocycles. The zero-order chi connectivity index (χ0) is 22.0. The second-order valence-electron chi connectivity index (χ2n) is 6.41. The zero-order valence-corrected chi connectivity index (χ0v) is 16.0. The van der Waals surface area contributed by atoms with E-state index in [0.717, 1.165) is 4.85 Å². The molecule has 2 aromatic carbocycles. The Balaban J connectivity index is 1.67. The van der Waals surface area contributed by atoms with Gasteiger partial charge in [0, 0.05) is 12.4 Å². The molecule has 4 rings (SSSR count). The van der Waals surface area contributed by atoms with Gasteiger partial charge in [-0.15, -0.1) is 18.3 Å². The van der Waals surface area contributed by atoms with Crippen LogP contribution in [0.2, 0.25) is 0 Å². The minimum absolute atomic E-state index is 0.0830. The second kappa shape index (κ2) is 8.01.